The number of nitrogens with zero attached hydrogens (tertiary/aromatic N) is 1. The topological polar surface area (TPSA) is 47.6 Å². The predicted octanol–water partition coefficient (Wildman–Crippen LogP) is 3.06. The Labute approximate surface area is 108 Å². The Bertz CT molecular complexity index is 450. The summed E-state index contributed by atoms with van der Waals surface area (Å²) in [4.78, 5) is 4.71. The first-order chi connectivity index (χ1) is 8.84. The molecule has 0 bridgehead atoms. The SMILES string of the molecule is NC(=NC1COc2ccccc21)C1CCCCC1. The lowest BCUT2D eigenvalue weighted by atomic mass is 9.88. The Kier molecular flexibility index (Phi) is 3.22. The van der Waals surface area contributed by atoms with Gasteiger partial charge in [-0.1, -0.05) is 37.5 Å². The summed E-state index contributed by atoms with van der Waals surface area (Å²) in [5.41, 5.74) is 7.36. The standard InChI is InChI=1S/C15H20N2O/c16-15(11-6-2-1-3-7-11)17-13-10-18-14-9-5-4-8-12(13)14/h4-5,8-9,11,13H,1-3,6-7,10H2,(H2,16,17). The summed E-state index contributed by atoms with van der Waals surface area (Å²) in [6.07, 6.45) is 6.32. The Balaban J connectivity index is 1.76. The highest BCUT2D eigenvalue weighted by molar-refractivity contribution is 5.83. The number of para-hydroxylation sites is 1. The maximum atomic E-state index is 6.18. The molecule has 3 nitrogen and oxygen atoms in total. The van der Waals surface area contributed by atoms with E-state index in [1.54, 1.807) is 0 Å². The highest BCUT2D eigenvalue weighted by atomic mass is 16.5. The van der Waals surface area contributed by atoms with Crippen molar-refractivity contribution >= 4 is 5.84 Å². The third-order valence-corrected chi connectivity index (χ3v) is 4.00. The van der Waals surface area contributed by atoms with Crippen LogP contribution >= 0.6 is 0 Å². The van der Waals surface area contributed by atoms with Gasteiger partial charge in [0.2, 0.25) is 0 Å². The number of hydrogen-bond donors (Lipinski definition) is 1. The lowest BCUT2D eigenvalue weighted by Gasteiger charge is -2.21. The van der Waals surface area contributed by atoms with Crippen molar-refractivity contribution in [3.05, 3.63) is 29.8 Å². The first-order valence-corrected chi connectivity index (χ1v) is 6.89. The molecule has 96 valence electrons. The summed E-state index contributed by atoms with van der Waals surface area (Å²) in [6, 6.07) is 8.22. The van der Waals surface area contributed by atoms with Crippen LogP contribution in [0.5, 0.6) is 5.75 Å². The van der Waals surface area contributed by atoms with Crippen LogP contribution in [0.2, 0.25) is 0 Å². The molecule has 1 atom stereocenters. The number of nitrogens with two attached hydrogens (primary N) is 1. The quantitative estimate of drug-likeness (QED) is 0.642. The first-order valence-electron chi connectivity index (χ1n) is 6.89. The average Bonchev–Trinajstić information content (AvgIpc) is 2.83. The van der Waals surface area contributed by atoms with E-state index in [-0.39, 0.29) is 6.04 Å². The number of hydrogen-bond acceptors (Lipinski definition) is 2. The van der Waals surface area contributed by atoms with Crippen LogP contribution in [0.15, 0.2) is 29.3 Å². The lowest BCUT2D eigenvalue weighted by Crippen LogP contribution is -2.26. The molecule has 1 fully saturated rings. The molecule has 2 aliphatic rings. The predicted molar refractivity (Wildman–Crippen MR) is 72.9 cm³/mol. The third kappa shape index (κ3) is 2.22. The van der Waals surface area contributed by atoms with Crippen LogP contribution in [0.25, 0.3) is 0 Å². The van der Waals surface area contributed by atoms with E-state index in [1.165, 1.54) is 37.7 Å². The number of amidine groups is 1. The van der Waals surface area contributed by atoms with Crippen LogP contribution in [-0.4, -0.2) is 12.4 Å². The van der Waals surface area contributed by atoms with Gasteiger partial charge in [-0.2, -0.15) is 0 Å². The average molecular weight is 244 g/mol. The summed E-state index contributed by atoms with van der Waals surface area (Å²) >= 11 is 0. The van der Waals surface area contributed by atoms with Crippen LogP contribution in [0.4, 0.5) is 0 Å². The minimum Gasteiger partial charge on any atom is -0.491 e. The third-order valence-electron chi connectivity index (χ3n) is 4.00. The van der Waals surface area contributed by atoms with Crippen LogP contribution in [0.3, 0.4) is 0 Å². The maximum Gasteiger partial charge on any atom is 0.124 e. The molecule has 1 saturated carbocycles. The Hall–Kier alpha value is -1.51. The van der Waals surface area contributed by atoms with E-state index in [1.807, 2.05) is 18.2 Å². The normalized spacial score (nSPS) is 24.7. The van der Waals surface area contributed by atoms with Crippen LogP contribution in [0, 0.1) is 5.92 Å². The second-order valence-electron chi connectivity index (χ2n) is 5.25. The van der Waals surface area contributed by atoms with Crippen molar-refractivity contribution in [3.63, 3.8) is 0 Å². The van der Waals surface area contributed by atoms with Crippen molar-refractivity contribution in [3.8, 4) is 5.75 Å². The zero-order valence-electron chi connectivity index (χ0n) is 10.6. The first kappa shape index (κ1) is 11.6. The number of rotatable bonds is 2. The van der Waals surface area contributed by atoms with Crippen molar-refractivity contribution in [2.45, 2.75) is 38.1 Å². The van der Waals surface area contributed by atoms with Gasteiger partial charge in [0.25, 0.3) is 0 Å². The van der Waals surface area contributed by atoms with Gasteiger partial charge in [0, 0.05) is 11.5 Å². The van der Waals surface area contributed by atoms with Crippen molar-refractivity contribution < 1.29 is 4.74 Å². The van der Waals surface area contributed by atoms with Gasteiger partial charge in [-0.25, -0.2) is 0 Å². The van der Waals surface area contributed by atoms with Gasteiger partial charge in [0.05, 0.1) is 5.84 Å². The molecule has 0 radical (unpaired) electrons. The minimum atomic E-state index is 0.100. The second kappa shape index (κ2) is 5.01. The number of fused-ring (bicyclic) bond motifs is 1. The van der Waals surface area contributed by atoms with E-state index in [0.29, 0.717) is 12.5 Å². The molecule has 1 aromatic carbocycles. The van der Waals surface area contributed by atoms with Gasteiger partial charge < -0.3 is 10.5 Å². The minimum absolute atomic E-state index is 0.100. The Morgan fingerprint density at radius 2 is 1.94 bits per heavy atom. The molecule has 2 N–H and O–H groups in total. The van der Waals surface area contributed by atoms with Crippen LogP contribution < -0.4 is 10.5 Å². The number of aliphatic imine (C=N–C) groups is 1. The van der Waals surface area contributed by atoms with E-state index in [4.69, 9.17) is 15.5 Å². The summed E-state index contributed by atoms with van der Waals surface area (Å²) < 4.78 is 5.64. The van der Waals surface area contributed by atoms with E-state index in [9.17, 15) is 0 Å². The Morgan fingerprint density at radius 3 is 2.78 bits per heavy atom. The van der Waals surface area contributed by atoms with E-state index >= 15 is 0 Å². The summed E-state index contributed by atoms with van der Waals surface area (Å²) in [5.74, 6) is 2.29. The molecule has 0 amide bonds. The number of benzene rings is 1. The highest BCUT2D eigenvalue weighted by Gasteiger charge is 2.25. The van der Waals surface area contributed by atoms with Crippen molar-refractivity contribution in [2.24, 2.45) is 16.6 Å². The van der Waals surface area contributed by atoms with Crippen molar-refractivity contribution in [1.82, 2.24) is 0 Å². The zero-order valence-corrected chi connectivity index (χ0v) is 10.6. The van der Waals surface area contributed by atoms with E-state index in [2.05, 4.69) is 6.07 Å². The van der Waals surface area contributed by atoms with Gasteiger partial charge in [0.15, 0.2) is 0 Å². The monoisotopic (exact) mass is 244 g/mol. The zero-order chi connectivity index (χ0) is 12.4. The molecule has 0 saturated heterocycles. The van der Waals surface area contributed by atoms with E-state index < -0.39 is 0 Å². The fourth-order valence-electron chi connectivity index (χ4n) is 2.94. The molecular weight excluding hydrogens is 224 g/mol. The molecule has 1 aromatic rings. The lowest BCUT2D eigenvalue weighted by molar-refractivity contribution is 0.333. The van der Waals surface area contributed by atoms with Crippen molar-refractivity contribution in [1.29, 1.82) is 0 Å². The van der Waals surface area contributed by atoms with E-state index in [0.717, 1.165) is 11.6 Å². The molecule has 1 aliphatic heterocycles. The van der Waals surface area contributed by atoms with Gasteiger partial charge in [0.1, 0.15) is 18.4 Å². The molecular formula is C15H20N2O. The van der Waals surface area contributed by atoms with Gasteiger partial charge in [-0.05, 0) is 18.9 Å². The summed E-state index contributed by atoms with van der Waals surface area (Å²) in [5, 5.41) is 0. The maximum absolute atomic E-state index is 6.18. The van der Waals surface area contributed by atoms with Crippen LogP contribution in [0.1, 0.15) is 43.7 Å². The van der Waals surface area contributed by atoms with Gasteiger partial charge in [-0.3, -0.25) is 4.99 Å². The number of ether oxygens (including phenoxy) is 1. The molecule has 0 spiro atoms. The van der Waals surface area contributed by atoms with Crippen molar-refractivity contribution in [2.75, 3.05) is 6.61 Å². The summed E-state index contributed by atoms with van der Waals surface area (Å²) in [7, 11) is 0. The molecule has 0 aromatic heterocycles. The molecule has 3 rings (SSSR count). The fourth-order valence-corrected chi connectivity index (χ4v) is 2.94. The molecule has 18 heavy (non-hydrogen) atoms. The van der Waals surface area contributed by atoms with Crippen LogP contribution in [-0.2, 0) is 0 Å². The summed E-state index contributed by atoms with van der Waals surface area (Å²) in [6.45, 7) is 0.632. The van der Waals surface area contributed by atoms with Gasteiger partial charge >= 0.3 is 0 Å². The molecule has 1 aliphatic carbocycles. The fraction of sp³-hybridized carbons (Fsp3) is 0.533. The second-order valence-corrected chi connectivity index (χ2v) is 5.25. The highest BCUT2D eigenvalue weighted by Crippen LogP contribution is 2.35. The Morgan fingerprint density at radius 1 is 1.17 bits per heavy atom. The molecule has 1 unspecified atom stereocenters. The largest absolute Gasteiger partial charge is 0.491 e. The van der Waals surface area contributed by atoms with Gasteiger partial charge in [-0.15, -0.1) is 0 Å². The molecule has 1 heterocycles. The smallest absolute Gasteiger partial charge is 0.124 e. The molecule has 3 heteroatoms.